The highest BCUT2D eigenvalue weighted by molar-refractivity contribution is 6.33. The highest BCUT2D eigenvalue weighted by Gasteiger charge is 2.39. The van der Waals surface area contributed by atoms with E-state index in [1.54, 1.807) is 13.8 Å². The topological polar surface area (TPSA) is 85.1 Å². The summed E-state index contributed by atoms with van der Waals surface area (Å²) in [5, 5.41) is 16.4. The molecule has 2 N–H and O–H groups in total. The predicted octanol–water partition coefficient (Wildman–Crippen LogP) is 6.15. The first-order chi connectivity index (χ1) is 17.8. The van der Waals surface area contributed by atoms with Crippen molar-refractivity contribution in [1.29, 1.82) is 0 Å². The Kier molecular flexibility index (Phi) is 6.55. The van der Waals surface area contributed by atoms with Gasteiger partial charge in [0.25, 0.3) is 0 Å². The van der Waals surface area contributed by atoms with E-state index in [4.69, 9.17) is 21.3 Å². The second kappa shape index (κ2) is 9.86. The summed E-state index contributed by atoms with van der Waals surface area (Å²) in [6.07, 6.45) is 9.91. The van der Waals surface area contributed by atoms with E-state index < -0.39 is 5.79 Å². The Balaban J connectivity index is 1.17. The molecule has 0 amide bonds. The summed E-state index contributed by atoms with van der Waals surface area (Å²) in [6, 6.07) is 12.9. The number of aromatic nitrogens is 4. The van der Waals surface area contributed by atoms with Crippen molar-refractivity contribution in [3.63, 3.8) is 0 Å². The van der Waals surface area contributed by atoms with E-state index in [1.165, 1.54) is 30.1 Å². The van der Waals surface area contributed by atoms with Crippen LogP contribution in [0.5, 0.6) is 0 Å². The Bertz CT molecular complexity index is 1410. The second-order valence-corrected chi connectivity index (χ2v) is 11.6. The van der Waals surface area contributed by atoms with Crippen LogP contribution >= 0.6 is 11.6 Å². The molecule has 2 saturated carbocycles. The van der Waals surface area contributed by atoms with Gasteiger partial charge in [-0.15, -0.1) is 0 Å². The molecule has 4 aromatic rings. The molecule has 0 radical (unpaired) electrons. The number of hydrogen-bond acceptors (Lipinski definition) is 6. The number of anilines is 1. The lowest BCUT2D eigenvalue weighted by Crippen LogP contribution is -2.33. The Labute approximate surface area is 222 Å². The lowest BCUT2D eigenvalue weighted by atomic mass is 9.97. The highest BCUT2D eigenvalue weighted by Crippen LogP contribution is 2.42. The zero-order chi connectivity index (χ0) is 25.6. The molecular weight excluding hydrogens is 486 g/mol. The maximum absolute atomic E-state index is 10.4. The molecule has 0 bridgehead atoms. The van der Waals surface area contributed by atoms with Crippen LogP contribution in [0.15, 0.2) is 48.9 Å². The zero-order valence-corrected chi connectivity index (χ0v) is 22.2. The second-order valence-electron chi connectivity index (χ2n) is 11.2. The Hall–Kier alpha value is -2.74. The van der Waals surface area contributed by atoms with E-state index in [1.807, 2.05) is 12.3 Å². The number of fused-ring (bicyclic) bond motifs is 2. The molecule has 2 aliphatic rings. The van der Waals surface area contributed by atoms with Gasteiger partial charge in [-0.05, 0) is 94.0 Å². The molecule has 37 heavy (non-hydrogen) atoms. The number of aryl methyl sites for hydroxylation is 1. The van der Waals surface area contributed by atoms with Crippen LogP contribution in [0.3, 0.4) is 0 Å². The third-order valence-electron chi connectivity index (χ3n) is 7.69. The Morgan fingerprint density at radius 3 is 2.76 bits per heavy atom. The molecule has 0 aliphatic heterocycles. The first kappa shape index (κ1) is 24.6. The molecule has 2 aliphatic carbocycles. The smallest absolute Gasteiger partial charge is 0.160 e. The van der Waals surface area contributed by atoms with Crippen LogP contribution in [0.25, 0.3) is 21.9 Å². The van der Waals surface area contributed by atoms with E-state index in [-0.39, 0.29) is 12.1 Å². The first-order valence-corrected chi connectivity index (χ1v) is 13.7. The number of aliphatic hydroxyl groups is 1. The summed E-state index contributed by atoms with van der Waals surface area (Å²) in [5.41, 5.74) is 3.15. The van der Waals surface area contributed by atoms with Crippen molar-refractivity contribution in [2.75, 3.05) is 11.9 Å². The third kappa shape index (κ3) is 5.59. The maximum Gasteiger partial charge on any atom is 0.160 e. The third-order valence-corrected chi connectivity index (χ3v) is 8.00. The molecule has 0 unspecified atom stereocenters. The van der Waals surface area contributed by atoms with Gasteiger partial charge in [-0.3, -0.25) is 0 Å². The van der Waals surface area contributed by atoms with Crippen LogP contribution in [0.1, 0.15) is 57.6 Å². The van der Waals surface area contributed by atoms with Crippen molar-refractivity contribution in [2.45, 2.75) is 70.3 Å². The predicted molar refractivity (Wildman–Crippen MR) is 147 cm³/mol. The maximum atomic E-state index is 10.4. The number of hydrogen-bond donors (Lipinski definition) is 2. The van der Waals surface area contributed by atoms with Crippen LogP contribution in [0, 0.1) is 11.8 Å². The fourth-order valence-electron chi connectivity index (χ4n) is 5.67. The van der Waals surface area contributed by atoms with Crippen molar-refractivity contribution < 1.29 is 9.84 Å². The van der Waals surface area contributed by atoms with Gasteiger partial charge in [0.1, 0.15) is 22.9 Å². The van der Waals surface area contributed by atoms with Gasteiger partial charge in [-0.25, -0.2) is 15.0 Å². The zero-order valence-electron chi connectivity index (χ0n) is 21.4. The normalized spacial score (nSPS) is 22.2. The van der Waals surface area contributed by atoms with Gasteiger partial charge in [0.15, 0.2) is 5.79 Å². The van der Waals surface area contributed by atoms with Crippen molar-refractivity contribution in [3.05, 3.63) is 59.6 Å². The summed E-state index contributed by atoms with van der Waals surface area (Å²) in [7, 11) is 0. The van der Waals surface area contributed by atoms with E-state index >= 15 is 0 Å². The van der Waals surface area contributed by atoms with Gasteiger partial charge in [0.05, 0.1) is 23.0 Å². The van der Waals surface area contributed by atoms with Crippen molar-refractivity contribution in [1.82, 2.24) is 19.5 Å². The van der Waals surface area contributed by atoms with Gasteiger partial charge in [0, 0.05) is 18.1 Å². The fraction of sp³-hybridized carbons (Fsp3) is 0.483. The van der Waals surface area contributed by atoms with Crippen LogP contribution in [-0.2, 0) is 11.2 Å². The number of halogens is 1. The molecule has 6 rings (SSSR count). The SMILES string of the molecule is CC(C)(O)O[C@@H]1C[C@@H](CCc2ccc3ccc(NCC4CC4)nc3c2)C[C@H]1n1ccc2c(Cl)ncnc21. The van der Waals surface area contributed by atoms with Crippen molar-refractivity contribution in [2.24, 2.45) is 11.8 Å². The van der Waals surface area contributed by atoms with Crippen LogP contribution in [0.4, 0.5) is 5.82 Å². The van der Waals surface area contributed by atoms with Crippen molar-refractivity contribution >= 4 is 39.4 Å². The Morgan fingerprint density at radius 1 is 1.11 bits per heavy atom. The van der Waals surface area contributed by atoms with Gasteiger partial charge < -0.3 is 19.7 Å². The summed E-state index contributed by atoms with van der Waals surface area (Å²) in [5.74, 6) is 1.03. The minimum atomic E-state index is -1.21. The highest BCUT2D eigenvalue weighted by atomic mass is 35.5. The van der Waals surface area contributed by atoms with Crippen LogP contribution < -0.4 is 5.32 Å². The van der Waals surface area contributed by atoms with E-state index in [9.17, 15) is 5.11 Å². The van der Waals surface area contributed by atoms with Crippen LogP contribution in [0.2, 0.25) is 5.15 Å². The quantitative estimate of drug-likeness (QED) is 0.204. The minimum absolute atomic E-state index is 0.0678. The summed E-state index contributed by atoms with van der Waals surface area (Å²) in [4.78, 5) is 13.5. The Morgan fingerprint density at radius 2 is 1.95 bits per heavy atom. The summed E-state index contributed by atoms with van der Waals surface area (Å²) in [6.45, 7) is 4.41. The molecule has 194 valence electrons. The number of ether oxygens (including phenoxy) is 1. The summed E-state index contributed by atoms with van der Waals surface area (Å²) >= 11 is 6.31. The molecule has 3 atom stereocenters. The van der Waals surface area contributed by atoms with Gasteiger partial charge in [-0.1, -0.05) is 23.7 Å². The average Bonchev–Trinajstić information content (AvgIpc) is 3.47. The first-order valence-electron chi connectivity index (χ1n) is 13.3. The van der Waals surface area contributed by atoms with Crippen molar-refractivity contribution in [3.8, 4) is 0 Å². The van der Waals surface area contributed by atoms with E-state index in [0.717, 1.165) is 60.5 Å². The number of pyridine rings is 1. The van der Waals surface area contributed by atoms with E-state index in [2.05, 4.69) is 50.2 Å². The minimum Gasteiger partial charge on any atom is -0.370 e. The molecule has 7 nitrogen and oxygen atoms in total. The number of nitrogens with one attached hydrogen (secondary N) is 1. The molecule has 2 fully saturated rings. The molecule has 1 aromatic carbocycles. The molecular formula is C29H34ClN5O2. The number of rotatable bonds is 9. The van der Waals surface area contributed by atoms with Gasteiger partial charge in [0.2, 0.25) is 0 Å². The van der Waals surface area contributed by atoms with Crippen LogP contribution in [-0.4, -0.2) is 43.1 Å². The monoisotopic (exact) mass is 519 g/mol. The van der Waals surface area contributed by atoms with Gasteiger partial charge in [-0.2, -0.15) is 0 Å². The standard InChI is InChI=1S/C29H34ClN5O2/c1-29(2,36)37-25-15-20(14-24(25)35-12-11-22-27(30)32-17-33-28(22)35)6-3-18-7-8-21-9-10-26(34-23(21)13-18)31-16-19-4-5-19/h7-13,17,19-20,24-25,36H,3-6,14-16H2,1-2H3,(H,31,34)/t20-,24+,25+/m0/s1. The molecule has 0 saturated heterocycles. The fourth-order valence-corrected chi connectivity index (χ4v) is 5.86. The molecule has 3 aromatic heterocycles. The van der Waals surface area contributed by atoms with E-state index in [0.29, 0.717) is 11.1 Å². The molecule has 3 heterocycles. The molecule has 8 heteroatoms. The lowest BCUT2D eigenvalue weighted by molar-refractivity contribution is -0.210. The number of nitrogens with zero attached hydrogens (tertiary/aromatic N) is 4. The summed E-state index contributed by atoms with van der Waals surface area (Å²) < 4.78 is 8.30. The largest absolute Gasteiger partial charge is 0.370 e. The average molecular weight is 520 g/mol. The lowest BCUT2D eigenvalue weighted by Gasteiger charge is -2.28. The number of benzene rings is 1. The van der Waals surface area contributed by atoms with Gasteiger partial charge >= 0.3 is 0 Å². The molecule has 0 spiro atoms.